The lowest BCUT2D eigenvalue weighted by Gasteiger charge is -2.46. The summed E-state index contributed by atoms with van der Waals surface area (Å²) >= 11 is 0. The Bertz CT molecular complexity index is 497. The van der Waals surface area contributed by atoms with E-state index in [0.717, 1.165) is 25.0 Å². The van der Waals surface area contributed by atoms with Crippen molar-refractivity contribution >= 4 is 17.5 Å². The summed E-state index contributed by atoms with van der Waals surface area (Å²) in [5, 5.41) is 3.95. The van der Waals surface area contributed by atoms with E-state index in [0.29, 0.717) is 26.1 Å². The molecule has 2 fully saturated rings. The van der Waals surface area contributed by atoms with Gasteiger partial charge in [-0.1, -0.05) is 12.1 Å². The molecule has 22 heavy (non-hydrogen) atoms. The van der Waals surface area contributed by atoms with Gasteiger partial charge in [0.25, 0.3) is 5.91 Å². The van der Waals surface area contributed by atoms with E-state index >= 15 is 0 Å². The molecular weight excluding hydrogens is 286 g/mol. The van der Waals surface area contributed by atoms with Crippen molar-refractivity contribution in [2.24, 2.45) is 5.16 Å². The fraction of sp³-hybridized carbons (Fsp3) is 0.800. The summed E-state index contributed by atoms with van der Waals surface area (Å²) in [5.41, 5.74) is 0.656. The Balaban J connectivity index is 1.54. The molecular formula is C15H23N3O4. The molecule has 7 heteroatoms. The summed E-state index contributed by atoms with van der Waals surface area (Å²) in [5.74, 6) is 0.0371. The Labute approximate surface area is 130 Å². The maximum absolute atomic E-state index is 12.5. The third-order valence-corrected chi connectivity index (χ3v) is 4.85. The monoisotopic (exact) mass is 309 g/mol. The van der Waals surface area contributed by atoms with Crippen LogP contribution < -0.4 is 0 Å². The van der Waals surface area contributed by atoms with Crippen molar-refractivity contribution < 1.29 is 19.2 Å². The molecule has 2 amide bonds. The van der Waals surface area contributed by atoms with Crippen molar-refractivity contribution in [1.82, 2.24) is 9.80 Å². The molecule has 0 aromatic carbocycles. The predicted molar refractivity (Wildman–Crippen MR) is 79.4 cm³/mol. The molecule has 0 unspecified atom stereocenters. The fourth-order valence-corrected chi connectivity index (χ4v) is 3.30. The molecule has 0 aromatic heterocycles. The predicted octanol–water partition coefficient (Wildman–Crippen LogP) is 0.391. The normalized spacial score (nSPS) is 27.8. The number of hydrogen-bond donors (Lipinski definition) is 0. The van der Waals surface area contributed by atoms with Gasteiger partial charge in [-0.05, 0) is 19.3 Å². The standard InChI is InChI=1S/C15H23N3O4/c1-3-11-8-12(22-16-11)14(20)18-6-4-15(5-7-18)10-17(2)13(19)9-21-15/h12H,3-10H2,1-2H3/t12-/m0/s1. The molecule has 2 saturated heterocycles. The maximum atomic E-state index is 12.5. The number of rotatable bonds is 2. The molecule has 1 atom stereocenters. The van der Waals surface area contributed by atoms with Gasteiger partial charge in [0.2, 0.25) is 12.0 Å². The molecule has 0 N–H and O–H groups in total. The summed E-state index contributed by atoms with van der Waals surface area (Å²) in [6.07, 6.45) is 2.47. The van der Waals surface area contributed by atoms with Gasteiger partial charge in [0.15, 0.2) is 0 Å². The molecule has 3 aliphatic rings. The number of morpholine rings is 1. The van der Waals surface area contributed by atoms with Crippen LogP contribution in [0.15, 0.2) is 5.16 Å². The van der Waals surface area contributed by atoms with Crippen LogP contribution in [-0.4, -0.2) is 72.3 Å². The lowest BCUT2D eigenvalue weighted by atomic mass is 9.89. The molecule has 0 aliphatic carbocycles. The van der Waals surface area contributed by atoms with Gasteiger partial charge in [-0.2, -0.15) is 0 Å². The van der Waals surface area contributed by atoms with Crippen LogP contribution in [0.4, 0.5) is 0 Å². The number of carbonyl (C=O) groups excluding carboxylic acids is 2. The second-order valence-electron chi connectivity index (χ2n) is 6.36. The van der Waals surface area contributed by atoms with E-state index in [1.54, 1.807) is 11.9 Å². The average Bonchev–Trinajstić information content (AvgIpc) is 3.01. The number of hydrogen-bond acceptors (Lipinski definition) is 5. The number of likely N-dealkylation sites (tertiary alicyclic amines) is 1. The van der Waals surface area contributed by atoms with Gasteiger partial charge < -0.3 is 19.4 Å². The number of oxime groups is 1. The molecule has 0 saturated carbocycles. The first kappa shape index (κ1) is 15.3. The van der Waals surface area contributed by atoms with Crippen LogP contribution >= 0.6 is 0 Å². The summed E-state index contributed by atoms with van der Waals surface area (Å²) in [7, 11) is 1.81. The van der Waals surface area contributed by atoms with Gasteiger partial charge in [0, 0.05) is 33.1 Å². The summed E-state index contributed by atoms with van der Waals surface area (Å²) in [6.45, 7) is 4.04. The summed E-state index contributed by atoms with van der Waals surface area (Å²) in [4.78, 5) is 32.8. The van der Waals surface area contributed by atoms with Gasteiger partial charge in [0.1, 0.15) is 6.61 Å². The van der Waals surface area contributed by atoms with E-state index < -0.39 is 6.10 Å². The molecule has 3 aliphatic heterocycles. The minimum Gasteiger partial charge on any atom is -0.382 e. The molecule has 3 rings (SSSR count). The van der Waals surface area contributed by atoms with Crippen molar-refractivity contribution in [2.45, 2.75) is 44.3 Å². The van der Waals surface area contributed by atoms with Crippen molar-refractivity contribution in [3.05, 3.63) is 0 Å². The lowest BCUT2D eigenvalue weighted by molar-refractivity contribution is -0.172. The minimum atomic E-state index is -0.458. The highest BCUT2D eigenvalue weighted by molar-refractivity contribution is 5.92. The van der Waals surface area contributed by atoms with Crippen LogP contribution in [0, 0.1) is 0 Å². The van der Waals surface area contributed by atoms with E-state index in [2.05, 4.69) is 5.16 Å². The maximum Gasteiger partial charge on any atom is 0.266 e. The Morgan fingerprint density at radius 1 is 1.41 bits per heavy atom. The fourth-order valence-electron chi connectivity index (χ4n) is 3.30. The van der Waals surface area contributed by atoms with E-state index in [-0.39, 0.29) is 24.0 Å². The molecule has 3 heterocycles. The second-order valence-corrected chi connectivity index (χ2v) is 6.36. The second kappa shape index (κ2) is 5.87. The molecule has 0 aromatic rings. The van der Waals surface area contributed by atoms with E-state index in [1.165, 1.54) is 0 Å². The van der Waals surface area contributed by atoms with Crippen molar-refractivity contribution in [3.63, 3.8) is 0 Å². The van der Waals surface area contributed by atoms with Crippen LogP contribution in [0.25, 0.3) is 0 Å². The number of carbonyl (C=O) groups is 2. The zero-order chi connectivity index (χ0) is 15.7. The average molecular weight is 309 g/mol. The van der Waals surface area contributed by atoms with Crippen LogP contribution in [0.1, 0.15) is 32.6 Å². The molecule has 0 bridgehead atoms. The molecule has 122 valence electrons. The Morgan fingerprint density at radius 3 is 2.73 bits per heavy atom. The number of likely N-dealkylation sites (N-methyl/N-ethyl adjacent to an activating group) is 1. The quantitative estimate of drug-likeness (QED) is 0.740. The topological polar surface area (TPSA) is 71.4 Å². The number of amides is 2. The number of ether oxygens (including phenoxy) is 1. The summed E-state index contributed by atoms with van der Waals surface area (Å²) in [6, 6.07) is 0. The van der Waals surface area contributed by atoms with Crippen LogP contribution in [0.3, 0.4) is 0 Å². The largest absolute Gasteiger partial charge is 0.382 e. The van der Waals surface area contributed by atoms with Gasteiger partial charge >= 0.3 is 0 Å². The van der Waals surface area contributed by atoms with Crippen molar-refractivity contribution in [2.75, 3.05) is 33.3 Å². The van der Waals surface area contributed by atoms with Crippen LogP contribution in [0.2, 0.25) is 0 Å². The zero-order valence-corrected chi connectivity index (χ0v) is 13.2. The minimum absolute atomic E-state index is 0.0160. The Morgan fingerprint density at radius 2 is 2.14 bits per heavy atom. The lowest BCUT2D eigenvalue weighted by Crippen LogP contribution is -2.59. The third-order valence-electron chi connectivity index (χ3n) is 4.85. The highest BCUT2D eigenvalue weighted by Crippen LogP contribution is 2.30. The van der Waals surface area contributed by atoms with Gasteiger partial charge in [0.05, 0.1) is 11.3 Å². The zero-order valence-electron chi connectivity index (χ0n) is 13.2. The molecule has 7 nitrogen and oxygen atoms in total. The van der Waals surface area contributed by atoms with Crippen LogP contribution in [-0.2, 0) is 19.2 Å². The number of piperidine rings is 1. The van der Waals surface area contributed by atoms with E-state index in [4.69, 9.17) is 9.57 Å². The Hall–Kier alpha value is -1.63. The van der Waals surface area contributed by atoms with Gasteiger partial charge in [-0.15, -0.1) is 0 Å². The SMILES string of the molecule is CCC1=NO[C@H](C(=O)N2CCC3(CC2)CN(C)C(=O)CO3)C1. The van der Waals surface area contributed by atoms with Crippen LogP contribution in [0.5, 0.6) is 0 Å². The first-order valence-electron chi connectivity index (χ1n) is 7.91. The summed E-state index contributed by atoms with van der Waals surface area (Å²) < 4.78 is 5.79. The van der Waals surface area contributed by atoms with Crippen molar-refractivity contribution in [1.29, 1.82) is 0 Å². The number of nitrogens with zero attached hydrogens (tertiary/aromatic N) is 3. The first-order chi connectivity index (χ1) is 10.5. The first-order valence-corrected chi connectivity index (χ1v) is 7.91. The Kier molecular flexibility index (Phi) is 4.08. The third kappa shape index (κ3) is 2.82. The van der Waals surface area contributed by atoms with Crippen molar-refractivity contribution in [3.8, 4) is 0 Å². The highest BCUT2D eigenvalue weighted by Gasteiger charge is 2.43. The van der Waals surface area contributed by atoms with Gasteiger partial charge in [-0.3, -0.25) is 9.59 Å². The highest BCUT2D eigenvalue weighted by atomic mass is 16.6. The smallest absolute Gasteiger partial charge is 0.266 e. The molecule has 1 spiro atoms. The van der Waals surface area contributed by atoms with Gasteiger partial charge in [-0.25, -0.2) is 0 Å². The van der Waals surface area contributed by atoms with E-state index in [1.807, 2.05) is 11.8 Å². The van der Waals surface area contributed by atoms with E-state index in [9.17, 15) is 9.59 Å². The molecule has 0 radical (unpaired) electrons.